The molecule has 1 aliphatic rings. The Kier molecular flexibility index (Phi) is 6.12. The maximum atomic E-state index is 15.4. The predicted octanol–water partition coefficient (Wildman–Crippen LogP) is 7.79. The van der Waals surface area contributed by atoms with Crippen molar-refractivity contribution in [2.75, 3.05) is 0 Å². The Labute approximate surface area is 175 Å². The zero-order chi connectivity index (χ0) is 21.1. The molecule has 0 spiro atoms. The van der Waals surface area contributed by atoms with Gasteiger partial charge in [0, 0.05) is 17.5 Å². The lowest BCUT2D eigenvalue weighted by atomic mass is 9.97. The zero-order valence-electron chi connectivity index (χ0n) is 17.1. The zero-order valence-corrected chi connectivity index (χ0v) is 17.1. The summed E-state index contributed by atoms with van der Waals surface area (Å²) in [4.78, 5) is 0. The number of ether oxygens (including phenoxy) is 1. The van der Waals surface area contributed by atoms with Crippen molar-refractivity contribution in [2.24, 2.45) is 0 Å². The Bertz CT molecular complexity index is 1030. The Morgan fingerprint density at radius 1 is 0.867 bits per heavy atom. The van der Waals surface area contributed by atoms with Crippen molar-refractivity contribution in [3.63, 3.8) is 0 Å². The lowest BCUT2D eigenvalue weighted by Crippen LogP contribution is -2.01. The molecule has 4 rings (SSSR count). The van der Waals surface area contributed by atoms with Crippen molar-refractivity contribution in [3.8, 4) is 28.0 Å². The summed E-state index contributed by atoms with van der Waals surface area (Å²) >= 11 is 0. The van der Waals surface area contributed by atoms with E-state index in [1.807, 2.05) is 6.07 Å². The monoisotopic (exact) mass is 410 g/mol. The van der Waals surface area contributed by atoms with E-state index in [1.54, 1.807) is 18.2 Å². The molecule has 0 aliphatic heterocycles. The third-order valence-electron chi connectivity index (χ3n) is 5.78. The van der Waals surface area contributed by atoms with Crippen LogP contribution in [0.5, 0.6) is 5.75 Å². The number of fused-ring (bicyclic) bond motifs is 3. The fourth-order valence-electron chi connectivity index (χ4n) is 4.24. The summed E-state index contributed by atoms with van der Waals surface area (Å²) in [5, 5.41) is 0. The van der Waals surface area contributed by atoms with Crippen LogP contribution in [-0.2, 0) is 12.8 Å². The number of aryl methyl sites for hydroxylation is 1. The van der Waals surface area contributed by atoms with Gasteiger partial charge in [0.15, 0.2) is 0 Å². The molecule has 0 N–H and O–H groups in total. The Morgan fingerprint density at radius 3 is 2.33 bits per heavy atom. The van der Waals surface area contributed by atoms with E-state index >= 15 is 4.39 Å². The highest BCUT2D eigenvalue weighted by Gasteiger charge is 2.24. The molecule has 0 heterocycles. The van der Waals surface area contributed by atoms with Crippen LogP contribution in [0.25, 0.3) is 22.3 Å². The van der Waals surface area contributed by atoms with Gasteiger partial charge in [-0.25, -0.2) is 4.39 Å². The van der Waals surface area contributed by atoms with Gasteiger partial charge in [-0.15, -0.1) is 0 Å². The van der Waals surface area contributed by atoms with Gasteiger partial charge in [-0.3, -0.25) is 0 Å². The molecular weight excluding hydrogens is 385 g/mol. The fourth-order valence-corrected chi connectivity index (χ4v) is 4.24. The van der Waals surface area contributed by atoms with Gasteiger partial charge in [-0.1, -0.05) is 68.7 Å². The van der Waals surface area contributed by atoms with Crippen LogP contribution in [0.2, 0.25) is 0 Å². The minimum Gasteiger partial charge on any atom is -0.435 e. The van der Waals surface area contributed by atoms with Crippen molar-refractivity contribution in [2.45, 2.75) is 52.1 Å². The van der Waals surface area contributed by atoms with Crippen LogP contribution in [0.1, 0.15) is 49.3 Å². The third kappa shape index (κ3) is 4.23. The summed E-state index contributed by atoms with van der Waals surface area (Å²) in [7, 11) is 0. The summed E-state index contributed by atoms with van der Waals surface area (Å²) in [5.74, 6) is -0.176. The minimum atomic E-state index is -2.87. The lowest BCUT2D eigenvalue weighted by molar-refractivity contribution is -0.0498. The van der Waals surface area contributed by atoms with Crippen molar-refractivity contribution in [3.05, 3.63) is 77.1 Å². The van der Waals surface area contributed by atoms with E-state index in [4.69, 9.17) is 0 Å². The predicted molar refractivity (Wildman–Crippen MR) is 115 cm³/mol. The van der Waals surface area contributed by atoms with Crippen molar-refractivity contribution < 1.29 is 17.9 Å². The van der Waals surface area contributed by atoms with Crippen molar-refractivity contribution in [1.82, 2.24) is 0 Å². The highest BCUT2D eigenvalue weighted by molar-refractivity contribution is 5.81. The van der Waals surface area contributed by atoms with Gasteiger partial charge in [-0.2, -0.15) is 8.78 Å². The van der Waals surface area contributed by atoms with Gasteiger partial charge in [0.25, 0.3) is 0 Å². The van der Waals surface area contributed by atoms with E-state index in [0.29, 0.717) is 23.1 Å². The molecule has 0 amide bonds. The molecule has 4 heteroatoms. The van der Waals surface area contributed by atoms with E-state index in [0.717, 1.165) is 17.5 Å². The summed E-state index contributed by atoms with van der Waals surface area (Å²) < 4.78 is 44.4. The molecule has 0 fully saturated rings. The van der Waals surface area contributed by atoms with Crippen LogP contribution in [0.15, 0.2) is 54.6 Å². The smallest absolute Gasteiger partial charge is 0.387 e. The maximum absolute atomic E-state index is 15.4. The van der Waals surface area contributed by atoms with Gasteiger partial charge in [-0.05, 0) is 52.8 Å². The van der Waals surface area contributed by atoms with Crippen molar-refractivity contribution >= 4 is 0 Å². The van der Waals surface area contributed by atoms with Gasteiger partial charge >= 0.3 is 6.61 Å². The molecule has 0 aromatic heterocycles. The average Bonchev–Trinajstić information content (AvgIpc) is 3.11. The first kappa shape index (κ1) is 20.5. The molecule has 0 unspecified atom stereocenters. The van der Waals surface area contributed by atoms with Gasteiger partial charge < -0.3 is 4.74 Å². The highest BCUT2D eigenvalue weighted by atomic mass is 19.3. The summed E-state index contributed by atoms with van der Waals surface area (Å²) in [6.45, 7) is -0.663. The van der Waals surface area contributed by atoms with Crippen molar-refractivity contribution in [1.29, 1.82) is 0 Å². The van der Waals surface area contributed by atoms with Crippen LogP contribution >= 0.6 is 0 Å². The fraction of sp³-hybridized carbons (Fsp3) is 0.308. The van der Waals surface area contributed by atoms with Gasteiger partial charge in [0.1, 0.15) is 11.6 Å². The summed E-state index contributed by atoms with van der Waals surface area (Å²) in [5.41, 5.74) is 6.37. The lowest BCUT2D eigenvalue weighted by Gasteiger charge is -2.10. The molecule has 1 aliphatic carbocycles. The number of unbranched alkanes of at least 4 members (excludes halogenated alkanes) is 3. The summed E-state index contributed by atoms with van der Waals surface area (Å²) in [6.07, 6.45) is 6.56. The SMILES string of the molecule is CCCCCCc1ccc2c(c1)Cc1c-2ccc(-c2ccc(OC(F)F)cc2)c1F. The molecule has 1 nitrogen and oxygen atoms in total. The van der Waals surface area contributed by atoms with Crippen LogP contribution < -0.4 is 4.74 Å². The normalized spacial score (nSPS) is 12.2. The first-order valence-electron chi connectivity index (χ1n) is 10.6. The van der Waals surface area contributed by atoms with E-state index < -0.39 is 6.61 Å². The highest BCUT2D eigenvalue weighted by Crippen LogP contribution is 2.41. The minimum absolute atomic E-state index is 0.0641. The number of benzene rings is 3. The molecule has 3 aromatic rings. The molecule has 156 valence electrons. The molecule has 0 radical (unpaired) electrons. The van der Waals surface area contributed by atoms with Crippen LogP contribution in [0.3, 0.4) is 0 Å². The first-order chi connectivity index (χ1) is 14.6. The number of alkyl halides is 2. The largest absolute Gasteiger partial charge is 0.435 e. The van der Waals surface area contributed by atoms with Crippen LogP contribution in [-0.4, -0.2) is 6.61 Å². The Morgan fingerprint density at radius 2 is 1.60 bits per heavy atom. The second-order valence-corrected chi connectivity index (χ2v) is 7.84. The molecule has 0 saturated heterocycles. The van der Waals surface area contributed by atoms with Gasteiger partial charge in [0.05, 0.1) is 0 Å². The molecule has 0 atom stereocenters. The number of hydrogen-bond acceptors (Lipinski definition) is 1. The molecule has 30 heavy (non-hydrogen) atoms. The van der Waals surface area contributed by atoms with E-state index in [9.17, 15) is 8.78 Å². The van der Waals surface area contributed by atoms with E-state index in [2.05, 4.69) is 29.9 Å². The van der Waals surface area contributed by atoms with Crippen LogP contribution in [0.4, 0.5) is 13.2 Å². The second-order valence-electron chi connectivity index (χ2n) is 7.84. The van der Waals surface area contributed by atoms with Gasteiger partial charge in [0.2, 0.25) is 0 Å². The number of hydrogen-bond donors (Lipinski definition) is 0. The summed E-state index contributed by atoms with van der Waals surface area (Å²) in [6, 6.07) is 16.3. The number of rotatable bonds is 8. The second kappa shape index (κ2) is 8.95. The van der Waals surface area contributed by atoms with E-state index in [-0.39, 0.29) is 11.6 Å². The molecule has 3 aromatic carbocycles. The van der Waals surface area contributed by atoms with Crippen LogP contribution in [0, 0.1) is 5.82 Å². The molecule has 0 bridgehead atoms. The Balaban J connectivity index is 1.56. The molecular formula is C26H25F3O. The third-order valence-corrected chi connectivity index (χ3v) is 5.78. The number of halogens is 3. The standard InChI is InChI=1S/C26H25F3O/c1-2-3-4-5-6-17-7-12-21-19(15-17)16-24-23(21)14-13-22(25(24)27)18-8-10-20(11-9-18)30-26(28)29/h7-15,26H,2-6,16H2,1H3. The quantitative estimate of drug-likeness (QED) is 0.269. The van der Waals surface area contributed by atoms with E-state index in [1.165, 1.54) is 48.9 Å². The topological polar surface area (TPSA) is 9.23 Å². The average molecular weight is 410 g/mol. The first-order valence-corrected chi connectivity index (χ1v) is 10.6. The molecule has 0 saturated carbocycles. The maximum Gasteiger partial charge on any atom is 0.387 e. The Hall–Kier alpha value is -2.75.